The number of aliphatic hydroxyl groups excluding tert-OH is 1. The lowest BCUT2D eigenvalue weighted by atomic mass is 9.94. The number of hydrogen-bond donors (Lipinski definition) is 2. The Kier molecular flexibility index (Phi) is 8.53. The smallest absolute Gasteiger partial charge is 0.119 e. The van der Waals surface area contributed by atoms with E-state index in [-0.39, 0.29) is 0 Å². The molecule has 1 unspecified atom stereocenters. The number of rotatable bonds is 10. The van der Waals surface area contributed by atoms with Crippen LogP contribution in [0.1, 0.15) is 48.8 Å². The zero-order valence-corrected chi connectivity index (χ0v) is 17.9. The maximum Gasteiger partial charge on any atom is 0.119 e. The molecule has 1 aliphatic rings. The molecular weight excluding hydrogens is 360 g/mol. The average molecular weight is 397 g/mol. The zero-order valence-electron chi connectivity index (χ0n) is 17.9. The highest BCUT2D eigenvalue weighted by atomic mass is 16.5. The van der Waals surface area contributed by atoms with E-state index in [0.29, 0.717) is 19.2 Å². The van der Waals surface area contributed by atoms with Gasteiger partial charge in [0.1, 0.15) is 18.5 Å². The molecule has 0 aromatic heterocycles. The molecule has 0 aliphatic heterocycles. The molecule has 29 heavy (non-hydrogen) atoms. The van der Waals surface area contributed by atoms with E-state index < -0.39 is 6.10 Å². The first-order valence-corrected chi connectivity index (χ1v) is 11.0. The summed E-state index contributed by atoms with van der Waals surface area (Å²) in [5.41, 5.74) is 3.82. The molecule has 0 saturated heterocycles. The molecule has 4 heteroatoms. The Bertz CT molecular complexity index is 743. The summed E-state index contributed by atoms with van der Waals surface area (Å²) < 4.78 is 5.88. The van der Waals surface area contributed by atoms with E-state index in [2.05, 4.69) is 60.6 Å². The van der Waals surface area contributed by atoms with E-state index in [1.54, 1.807) is 0 Å². The Balaban J connectivity index is 1.41. The second-order valence-electron chi connectivity index (χ2n) is 8.37. The van der Waals surface area contributed by atoms with Crippen LogP contribution >= 0.6 is 0 Å². The van der Waals surface area contributed by atoms with Gasteiger partial charge in [0.15, 0.2) is 0 Å². The maximum atomic E-state index is 10.4. The van der Waals surface area contributed by atoms with Gasteiger partial charge in [0, 0.05) is 25.7 Å². The molecule has 4 nitrogen and oxygen atoms in total. The number of aryl methyl sites for hydroxylation is 1. The number of aliphatic hydroxyl groups is 1. The summed E-state index contributed by atoms with van der Waals surface area (Å²) in [4.78, 5) is 2.30. The van der Waals surface area contributed by atoms with Gasteiger partial charge in [-0.3, -0.25) is 0 Å². The highest BCUT2D eigenvalue weighted by molar-refractivity contribution is 5.29. The second kappa shape index (κ2) is 11.3. The van der Waals surface area contributed by atoms with E-state index >= 15 is 0 Å². The molecule has 2 N–H and O–H groups in total. The summed E-state index contributed by atoms with van der Waals surface area (Å²) in [6.45, 7) is 4.78. The molecule has 1 aliphatic carbocycles. The van der Waals surface area contributed by atoms with Crippen LogP contribution in [0.3, 0.4) is 0 Å². The van der Waals surface area contributed by atoms with Crippen LogP contribution in [0.15, 0.2) is 48.5 Å². The van der Waals surface area contributed by atoms with Gasteiger partial charge in [0.25, 0.3) is 0 Å². The van der Waals surface area contributed by atoms with E-state index in [1.807, 2.05) is 12.1 Å². The fourth-order valence-corrected chi connectivity index (χ4v) is 4.14. The molecule has 0 radical (unpaired) electrons. The van der Waals surface area contributed by atoms with E-state index in [9.17, 15) is 5.11 Å². The molecule has 2 aromatic carbocycles. The fraction of sp³-hybridized carbons (Fsp3) is 0.520. The summed E-state index contributed by atoms with van der Waals surface area (Å²) in [7, 11) is 2.12. The fourth-order valence-electron chi connectivity index (χ4n) is 4.14. The normalized spacial score (nSPS) is 16.1. The van der Waals surface area contributed by atoms with Crippen molar-refractivity contribution < 1.29 is 9.84 Å². The van der Waals surface area contributed by atoms with E-state index in [1.165, 1.54) is 48.8 Å². The van der Waals surface area contributed by atoms with Crippen LogP contribution in [0.5, 0.6) is 5.75 Å². The molecule has 2 aromatic rings. The van der Waals surface area contributed by atoms with Crippen LogP contribution in [0.25, 0.3) is 0 Å². The minimum absolute atomic E-state index is 0.331. The van der Waals surface area contributed by atoms with Crippen molar-refractivity contribution in [2.75, 3.05) is 20.2 Å². The monoisotopic (exact) mass is 396 g/mol. The summed E-state index contributed by atoms with van der Waals surface area (Å²) in [5, 5.41) is 13.9. The quantitative estimate of drug-likeness (QED) is 0.629. The van der Waals surface area contributed by atoms with Crippen molar-refractivity contribution in [2.24, 2.45) is 0 Å². The Hall–Kier alpha value is -1.88. The van der Waals surface area contributed by atoms with Crippen molar-refractivity contribution in [3.8, 4) is 5.75 Å². The first kappa shape index (κ1) is 21.8. The van der Waals surface area contributed by atoms with E-state index in [4.69, 9.17) is 4.74 Å². The lowest BCUT2D eigenvalue weighted by molar-refractivity contribution is 0.0561. The largest absolute Gasteiger partial charge is 0.491 e. The topological polar surface area (TPSA) is 44.7 Å². The first-order chi connectivity index (χ1) is 14.1. The van der Waals surface area contributed by atoms with Gasteiger partial charge >= 0.3 is 0 Å². The third kappa shape index (κ3) is 7.14. The standard InChI is InChI=1S/C25H36N2O2/c1-20-9-6-7-11-22(20)17-26-16-21-10-8-14-25(15-21)29-19-24(28)18-27(2)23-12-4-3-5-13-23/h6-11,14-15,23-24,26,28H,3-5,12-13,16-19H2,1-2H3. The third-order valence-electron chi connectivity index (χ3n) is 5.94. The molecule has 158 valence electrons. The summed E-state index contributed by atoms with van der Waals surface area (Å²) >= 11 is 0. The minimum atomic E-state index is -0.468. The molecule has 0 bridgehead atoms. The third-order valence-corrected chi connectivity index (χ3v) is 5.94. The molecule has 0 heterocycles. The van der Waals surface area contributed by atoms with Crippen molar-refractivity contribution in [1.82, 2.24) is 10.2 Å². The van der Waals surface area contributed by atoms with Gasteiger partial charge in [-0.15, -0.1) is 0 Å². The van der Waals surface area contributed by atoms with Crippen LogP contribution in [0.2, 0.25) is 0 Å². The van der Waals surface area contributed by atoms with Crippen molar-refractivity contribution in [3.05, 3.63) is 65.2 Å². The number of hydrogen-bond acceptors (Lipinski definition) is 4. The summed E-state index contributed by atoms with van der Waals surface area (Å²) in [6.07, 6.45) is 6.01. The second-order valence-corrected chi connectivity index (χ2v) is 8.37. The van der Waals surface area contributed by atoms with Crippen LogP contribution in [0, 0.1) is 6.92 Å². The zero-order chi connectivity index (χ0) is 20.5. The predicted octanol–water partition coefficient (Wildman–Crippen LogP) is 4.29. The van der Waals surface area contributed by atoms with Crippen LogP contribution in [-0.4, -0.2) is 42.4 Å². The SMILES string of the molecule is Cc1ccccc1CNCc1cccc(OCC(O)CN(C)C2CCCCC2)c1. The van der Waals surface area contributed by atoms with Crippen molar-refractivity contribution in [1.29, 1.82) is 0 Å². The minimum Gasteiger partial charge on any atom is -0.491 e. The molecule has 1 fully saturated rings. The predicted molar refractivity (Wildman–Crippen MR) is 119 cm³/mol. The lowest BCUT2D eigenvalue weighted by Gasteiger charge is -2.32. The first-order valence-electron chi connectivity index (χ1n) is 11.0. The molecule has 3 rings (SSSR count). The Morgan fingerprint density at radius 2 is 1.86 bits per heavy atom. The van der Waals surface area contributed by atoms with Crippen LogP contribution < -0.4 is 10.1 Å². The van der Waals surface area contributed by atoms with Crippen molar-refractivity contribution in [3.63, 3.8) is 0 Å². The molecule has 1 atom stereocenters. The highest BCUT2D eigenvalue weighted by Gasteiger charge is 2.20. The van der Waals surface area contributed by atoms with Gasteiger partial charge in [-0.25, -0.2) is 0 Å². The van der Waals surface area contributed by atoms with Gasteiger partial charge in [0.05, 0.1) is 0 Å². The van der Waals surface area contributed by atoms with Gasteiger partial charge in [-0.2, -0.15) is 0 Å². The Labute approximate surface area is 175 Å². The maximum absolute atomic E-state index is 10.4. The molecule has 1 saturated carbocycles. The molecule has 0 spiro atoms. The van der Waals surface area contributed by atoms with Gasteiger partial charge in [-0.05, 0) is 55.6 Å². The summed E-state index contributed by atoms with van der Waals surface area (Å²) in [5.74, 6) is 0.819. The average Bonchev–Trinajstić information content (AvgIpc) is 2.74. The van der Waals surface area contributed by atoms with Crippen molar-refractivity contribution in [2.45, 2.75) is 64.3 Å². The lowest BCUT2D eigenvalue weighted by Crippen LogP contribution is -2.40. The number of nitrogens with one attached hydrogen (secondary N) is 1. The van der Waals surface area contributed by atoms with Gasteiger partial charge < -0.3 is 20.1 Å². The number of ether oxygens (including phenoxy) is 1. The number of likely N-dealkylation sites (N-methyl/N-ethyl adjacent to an activating group) is 1. The Morgan fingerprint density at radius 3 is 2.66 bits per heavy atom. The van der Waals surface area contributed by atoms with Gasteiger partial charge in [-0.1, -0.05) is 55.7 Å². The van der Waals surface area contributed by atoms with E-state index in [0.717, 1.165) is 18.8 Å². The van der Waals surface area contributed by atoms with Gasteiger partial charge in [0.2, 0.25) is 0 Å². The van der Waals surface area contributed by atoms with Crippen LogP contribution in [0.4, 0.5) is 0 Å². The van der Waals surface area contributed by atoms with Crippen LogP contribution in [-0.2, 0) is 13.1 Å². The number of benzene rings is 2. The Morgan fingerprint density at radius 1 is 1.07 bits per heavy atom. The molecule has 0 amide bonds. The highest BCUT2D eigenvalue weighted by Crippen LogP contribution is 2.22. The molecular formula is C25H36N2O2. The van der Waals surface area contributed by atoms with Crippen molar-refractivity contribution >= 4 is 0 Å². The summed E-state index contributed by atoms with van der Waals surface area (Å²) in [6, 6.07) is 17.2. The number of nitrogens with zero attached hydrogens (tertiary/aromatic N) is 1.